The zero-order chi connectivity index (χ0) is 14.6. The average molecular weight is 319 g/mol. The molecular weight excluding hydrogens is 300 g/mol. The van der Waals surface area contributed by atoms with Crippen molar-refractivity contribution in [1.29, 1.82) is 0 Å². The van der Waals surface area contributed by atoms with Gasteiger partial charge < -0.3 is 4.90 Å². The third kappa shape index (κ3) is 2.23. The molecule has 2 aliphatic rings. The smallest absolute Gasteiger partial charge is 0.120 e. The Bertz CT molecular complexity index is 731. The van der Waals surface area contributed by atoms with Gasteiger partial charge >= 0.3 is 0 Å². The summed E-state index contributed by atoms with van der Waals surface area (Å²) in [5.41, 5.74) is 4.14. The van der Waals surface area contributed by atoms with Gasteiger partial charge in [-0.1, -0.05) is 17.7 Å². The molecule has 2 aromatic rings. The molecule has 4 heteroatoms. The molecule has 2 bridgehead atoms. The maximum Gasteiger partial charge on any atom is 0.120 e. The number of allylic oxidation sites excluding steroid dienone is 1. The fourth-order valence-corrected chi connectivity index (χ4v) is 5.36. The van der Waals surface area contributed by atoms with Gasteiger partial charge in [0.1, 0.15) is 10.5 Å². The van der Waals surface area contributed by atoms with Crippen molar-refractivity contribution in [3.63, 3.8) is 0 Å². The van der Waals surface area contributed by atoms with E-state index in [0.717, 1.165) is 28.9 Å². The van der Waals surface area contributed by atoms with E-state index in [2.05, 4.69) is 25.1 Å². The monoisotopic (exact) mass is 318 g/mol. The number of aromatic nitrogens is 1. The van der Waals surface area contributed by atoms with Crippen LogP contribution in [0.3, 0.4) is 0 Å². The normalized spacial score (nSPS) is 24.8. The molecule has 1 aromatic heterocycles. The molecule has 1 fully saturated rings. The molecular formula is C17H19ClN2S. The number of hydrogen-bond donors (Lipinski definition) is 0. The lowest BCUT2D eigenvalue weighted by atomic mass is 9.92. The van der Waals surface area contributed by atoms with Crippen LogP contribution in [0.1, 0.15) is 24.3 Å². The van der Waals surface area contributed by atoms with Crippen LogP contribution in [-0.4, -0.2) is 30.5 Å². The van der Waals surface area contributed by atoms with Crippen molar-refractivity contribution >= 4 is 38.7 Å². The maximum atomic E-state index is 6.30. The summed E-state index contributed by atoms with van der Waals surface area (Å²) in [5, 5.41) is 1.98. The number of thiazole rings is 1. The second-order valence-corrected chi connectivity index (χ2v) is 7.93. The van der Waals surface area contributed by atoms with E-state index in [4.69, 9.17) is 16.6 Å². The molecule has 110 valence electrons. The number of likely N-dealkylation sites (N-methyl/N-ethyl adjacent to an activating group) is 1. The molecule has 2 aliphatic carbocycles. The molecule has 0 amide bonds. The quantitative estimate of drug-likeness (QED) is 0.815. The number of fused-ring (bicyclic) bond motifs is 3. The maximum absolute atomic E-state index is 6.30. The van der Waals surface area contributed by atoms with E-state index in [0.29, 0.717) is 0 Å². The molecule has 2 unspecified atom stereocenters. The largest absolute Gasteiger partial charge is 0.305 e. The predicted octanol–water partition coefficient (Wildman–Crippen LogP) is 4.69. The van der Waals surface area contributed by atoms with Crippen LogP contribution in [-0.2, 0) is 0 Å². The van der Waals surface area contributed by atoms with E-state index in [-0.39, 0.29) is 0 Å². The van der Waals surface area contributed by atoms with E-state index in [1.165, 1.54) is 34.5 Å². The molecule has 1 saturated carbocycles. The second kappa shape index (κ2) is 5.08. The summed E-state index contributed by atoms with van der Waals surface area (Å²) < 4.78 is 1.21. The molecule has 2 atom stereocenters. The summed E-state index contributed by atoms with van der Waals surface area (Å²) >= 11 is 8.10. The van der Waals surface area contributed by atoms with Gasteiger partial charge in [-0.3, -0.25) is 0 Å². The molecule has 0 aliphatic heterocycles. The van der Waals surface area contributed by atoms with Gasteiger partial charge in [0.2, 0.25) is 0 Å². The molecule has 4 rings (SSSR count). The van der Waals surface area contributed by atoms with Crippen molar-refractivity contribution in [1.82, 2.24) is 9.88 Å². The third-order valence-corrected chi connectivity index (χ3v) is 6.13. The van der Waals surface area contributed by atoms with Crippen molar-refractivity contribution in [3.05, 3.63) is 33.8 Å². The van der Waals surface area contributed by atoms with Gasteiger partial charge in [-0.2, -0.15) is 0 Å². The Labute approximate surface area is 134 Å². The Morgan fingerprint density at radius 3 is 2.86 bits per heavy atom. The summed E-state index contributed by atoms with van der Waals surface area (Å²) in [6, 6.07) is 6.08. The van der Waals surface area contributed by atoms with Gasteiger partial charge in [0.25, 0.3) is 0 Å². The lowest BCUT2D eigenvalue weighted by molar-refractivity contribution is 0.423. The minimum Gasteiger partial charge on any atom is -0.305 e. The van der Waals surface area contributed by atoms with E-state index in [9.17, 15) is 0 Å². The van der Waals surface area contributed by atoms with Crippen LogP contribution in [0.5, 0.6) is 0 Å². The summed E-state index contributed by atoms with van der Waals surface area (Å²) in [4.78, 5) is 7.17. The lowest BCUT2D eigenvalue weighted by Gasteiger charge is -2.21. The topological polar surface area (TPSA) is 16.1 Å². The molecule has 0 N–H and O–H groups in total. The first-order valence-corrected chi connectivity index (χ1v) is 8.76. The molecule has 1 heterocycles. The standard InChI is InChI=1S/C17H19ClN2S/c1-20(2)9-12-10-6-7-11(8-10)15(12)17-19-16-13(18)4-3-5-14(16)21-17/h3-5,10-11H,6-9H2,1-2H3. The highest BCUT2D eigenvalue weighted by Gasteiger charge is 2.40. The van der Waals surface area contributed by atoms with E-state index >= 15 is 0 Å². The Morgan fingerprint density at radius 2 is 2.10 bits per heavy atom. The Hall–Kier alpha value is -0.900. The second-order valence-electron chi connectivity index (χ2n) is 6.49. The fraction of sp³-hybridized carbons (Fsp3) is 0.471. The number of nitrogens with zero attached hydrogens (tertiary/aromatic N) is 2. The summed E-state index contributed by atoms with van der Waals surface area (Å²) in [7, 11) is 4.32. The van der Waals surface area contributed by atoms with E-state index < -0.39 is 0 Å². The Kier molecular flexibility index (Phi) is 3.32. The number of hydrogen-bond acceptors (Lipinski definition) is 3. The SMILES string of the molecule is CN(C)CC1=C(c2nc3c(Cl)cccc3s2)C2CCC1C2. The highest BCUT2D eigenvalue weighted by molar-refractivity contribution is 7.19. The van der Waals surface area contributed by atoms with Gasteiger partial charge in [0.05, 0.1) is 9.72 Å². The van der Waals surface area contributed by atoms with Gasteiger partial charge in [-0.05, 0) is 68.5 Å². The Morgan fingerprint density at radius 1 is 1.29 bits per heavy atom. The van der Waals surface area contributed by atoms with Crippen LogP contribution in [0.25, 0.3) is 15.8 Å². The van der Waals surface area contributed by atoms with Gasteiger partial charge in [0, 0.05) is 6.54 Å². The first kappa shape index (κ1) is 13.7. The minimum absolute atomic E-state index is 0.726. The third-order valence-electron chi connectivity index (χ3n) is 4.77. The van der Waals surface area contributed by atoms with Crippen LogP contribution >= 0.6 is 22.9 Å². The molecule has 0 radical (unpaired) electrons. The van der Waals surface area contributed by atoms with Crippen LogP contribution in [0.15, 0.2) is 23.8 Å². The first-order valence-electron chi connectivity index (χ1n) is 7.56. The van der Waals surface area contributed by atoms with Crippen LogP contribution in [0.4, 0.5) is 0 Å². The van der Waals surface area contributed by atoms with Crippen molar-refractivity contribution in [2.24, 2.45) is 11.8 Å². The van der Waals surface area contributed by atoms with Crippen LogP contribution in [0.2, 0.25) is 5.02 Å². The predicted molar refractivity (Wildman–Crippen MR) is 90.9 cm³/mol. The highest BCUT2D eigenvalue weighted by atomic mass is 35.5. The molecule has 2 nitrogen and oxygen atoms in total. The van der Waals surface area contributed by atoms with Crippen molar-refractivity contribution in [2.45, 2.75) is 19.3 Å². The fourth-order valence-electron chi connectivity index (χ4n) is 3.94. The van der Waals surface area contributed by atoms with E-state index in [1.54, 1.807) is 5.57 Å². The number of para-hydroxylation sites is 1. The molecule has 0 saturated heterocycles. The summed E-state index contributed by atoms with van der Waals surface area (Å²) in [6.45, 7) is 1.07. The van der Waals surface area contributed by atoms with Gasteiger partial charge in [-0.15, -0.1) is 11.3 Å². The molecule has 1 aromatic carbocycles. The molecule has 21 heavy (non-hydrogen) atoms. The highest BCUT2D eigenvalue weighted by Crippen LogP contribution is 2.53. The average Bonchev–Trinajstić information content (AvgIpc) is 3.11. The van der Waals surface area contributed by atoms with Gasteiger partial charge in [0.15, 0.2) is 0 Å². The lowest BCUT2D eigenvalue weighted by Crippen LogP contribution is -2.19. The van der Waals surface area contributed by atoms with E-state index in [1.807, 2.05) is 23.5 Å². The van der Waals surface area contributed by atoms with Crippen LogP contribution < -0.4 is 0 Å². The zero-order valence-electron chi connectivity index (χ0n) is 12.4. The number of rotatable bonds is 3. The van der Waals surface area contributed by atoms with Crippen molar-refractivity contribution < 1.29 is 0 Å². The first-order chi connectivity index (χ1) is 10.1. The Balaban J connectivity index is 1.85. The van der Waals surface area contributed by atoms with Crippen molar-refractivity contribution in [2.75, 3.05) is 20.6 Å². The van der Waals surface area contributed by atoms with Crippen molar-refractivity contribution in [3.8, 4) is 0 Å². The number of benzene rings is 1. The summed E-state index contributed by atoms with van der Waals surface area (Å²) in [6.07, 6.45) is 4.03. The van der Waals surface area contributed by atoms with Gasteiger partial charge in [-0.25, -0.2) is 4.98 Å². The molecule has 0 spiro atoms. The van der Waals surface area contributed by atoms with Crippen LogP contribution in [0, 0.1) is 11.8 Å². The summed E-state index contributed by atoms with van der Waals surface area (Å²) in [5.74, 6) is 1.51. The number of halogens is 1. The zero-order valence-corrected chi connectivity index (χ0v) is 14.0. The minimum atomic E-state index is 0.726.